The van der Waals surface area contributed by atoms with E-state index in [1.807, 2.05) is 13.8 Å². The van der Waals surface area contributed by atoms with Gasteiger partial charge in [-0.3, -0.25) is 9.89 Å². The Labute approximate surface area is 76.7 Å². The Morgan fingerprint density at radius 2 is 2.38 bits per heavy atom. The van der Waals surface area contributed by atoms with Crippen molar-refractivity contribution in [1.82, 2.24) is 10.2 Å². The van der Waals surface area contributed by atoms with E-state index in [9.17, 15) is 4.79 Å². The zero-order valence-electron chi connectivity index (χ0n) is 7.74. The molecule has 0 aliphatic carbocycles. The smallest absolute Gasteiger partial charge is 0.242 e. The second kappa shape index (κ2) is 4.04. The molecule has 1 unspecified atom stereocenters. The highest BCUT2D eigenvalue weighted by atomic mass is 16.2. The van der Waals surface area contributed by atoms with Crippen LogP contribution in [0.2, 0.25) is 0 Å². The third-order valence-electron chi connectivity index (χ3n) is 1.78. The van der Waals surface area contributed by atoms with Gasteiger partial charge in [-0.25, -0.2) is 0 Å². The van der Waals surface area contributed by atoms with Gasteiger partial charge in [0.1, 0.15) is 5.82 Å². The molecule has 1 amide bonds. The summed E-state index contributed by atoms with van der Waals surface area (Å²) in [4.78, 5) is 11.4. The summed E-state index contributed by atoms with van der Waals surface area (Å²) < 4.78 is 0. The highest BCUT2D eigenvalue weighted by molar-refractivity contribution is 5.93. The van der Waals surface area contributed by atoms with Gasteiger partial charge in [-0.2, -0.15) is 5.10 Å². The summed E-state index contributed by atoms with van der Waals surface area (Å²) in [7, 11) is 0. The van der Waals surface area contributed by atoms with Gasteiger partial charge in [0.15, 0.2) is 0 Å². The van der Waals surface area contributed by atoms with Crippen LogP contribution in [-0.4, -0.2) is 22.1 Å². The molecular formula is C8H14N4O. The number of carbonyl (C=O) groups is 1. The summed E-state index contributed by atoms with van der Waals surface area (Å²) in [6.45, 7) is 3.80. The van der Waals surface area contributed by atoms with Gasteiger partial charge in [0.05, 0.1) is 12.2 Å². The van der Waals surface area contributed by atoms with Gasteiger partial charge >= 0.3 is 0 Å². The quantitative estimate of drug-likeness (QED) is 0.630. The van der Waals surface area contributed by atoms with Crippen LogP contribution in [0.15, 0.2) is 12.3 Å². The molecule has 0 spiro atoms. The first-order valence-corrected chi connectivity index (χ1v) is 4.17. The SMILES string of the molecule is CC(C)C(N)C(=O)Nc1ccn[nH]1. The first-order valence-electron chi connectivity index (χ1n) is 4.17. The molecule has 0 saturated heterocycles. The maximum Gasteiger partial charge on any atom is 0.242 e. The number of hydrogen-bond acceptors (Lipinski definition) is 3. The Hall–Kier alpha value is -1.36. The van der Waals surface area contributed by atoms with Gasteiger partial charge in [-0.1, -0.05) is 13.8 Å². The van der Waals surface area contributed by atoms with Crippen molar-refractivity contribution >= 4 is 11.7 Å². The fraction of sp³-hybridized carbons (Fsp3) is 0.500. The number of nitrogens with zero attached hydrogens (tertiary/aromatic N) is 1. The summed E-state index contributed by atoms with van der Waals surface area (Å²) in [5, 5.41) is 8.94. The molecule has 1 aromatic rings. The minimum atomic E-state index is -0.483. The van der Waals surface area contributed by atoms with Crippen LogP contribution in [-0.2, 0) is 4.79 Å². The maximum atomic E-state index is 11.4. The van der Waals surface area contributed by atoms with Crippen molar-refractivity contribution in [1.29, 1.82) is 0 Å². The molecule has 0 aromatic carbocycles. The molecule has 1 heterocycles. The minimum absolute atomic E-state index is 0.128. The van der Waals surface area contributed by atoms with E-state index >= 15 is 0 Å². The number of rotatable bonds is 3. The number of carbonyl (C=O) groups excluding carboxylic acids is 1. The average Bonchev–Trinajstić information content (AvgIpc) is 2.55. The van der Waals surface area contributed by atoms with Gasteiger partial charge in [-0.15, -0.1) is 0 Å². The molecule has 13 heavy (non-hydrogen) atoms. The number of amides is 1. The highest BCUT2D eigenvalue weighted by Crippen LogP contribution is 2.03. The number of H-pyrrole nitrogens is 1. The first-order chi connectivity index (χ1) is 6.11. The molecule has 1 aromatic heterocycles. The number of aromatic nitrogens is 2. The lowest BCUT2D eigenvalue weighted by atomic mass is 10.1. The molecule has 1 rings (SSSR count). The minimum Gasteiger partial charge on any atom is -0.320 e. The molecule has 0 radical (unpaired) electrons. The fourth-order valence-electron chi connectivity index (χ4n) is 0.844. The Morgan fingerprint density at radius 3 is 2.85 bits per heavy atom. The van der Waals surface area contributed by atoms with Crippen molar-refractivity contribution in [2.75, 3.05) is 5.32 Å². The van der Waals surface area contributed by atoms with Crippen molar-refractivity contribution in [2.24, 2.45) is 11.7 Å². The van der Waals surface area contributed by atoms with Crippen molar-refractivity contribution in [3.05, 3.63) is 12.3 Å². The van der Waals surface area contributed by atoms with Gasteiger partial charge in [0.2, 0.25) is 5.91 Å². The molecule has 0 aliphatic heterocycles. The van der Waals surface area contributed by atoms with Crippen LogP contribution in [0, 0.1) is 5.92 Å². The Morgan fingerprint density at radius 1 is 1.69 bits per heavy atom. The number of hydrogen-bond donors (Lipinski definition) is 3. The molecular weight excluding hydrogens is 168 g/mol. The first kappa shape index (κ1) is 9.73. The summed E-state index contributed by atoms with van der Waals surface area (Å²) >= 11 is 0. The van der Waals surface area contributed by atoms with Crippen LogP contribution >= 0.6 is 0 Å². The summed E-state index contributed by atoms with van der Waals surface area (Å²) in [5.41, 5.74) is 5.63. The predicted octanol–water partition coefficient (Wildman–Crippen LogP) is 0.331. The number of anilines is 1. The molecule has 0 saturated carbocycles. The van der Waals surface area contributed by atoms with Crippen LogP contribution in [0.4, 0.5) is 5.82 Å². The fourth-order valence-corrected chi connectivity index (χ4v) is 0.844. The van der Waals surface area contributed by atoms with Crippen LogP contribution < -0.4 is 11.1 Å². The van der Waals surface area contributed by atoms with Crippen molar-refractivity contribution in [2.45, 2.75) is 19.9 Å². The Bertz CT molecular complexity index is 268. The average molecular weight is 182 g/mol. The van der Waals surface area contributed by atoms with Gasteiger partial charge < -0.3 is 11.1 Å². The summed E-state index contributed by atoms with van der Waals surface area (Å²) in [6, 6.07) is 1.19. The second-order valence-corrected chi connectivity index (χ2v) is 3.23. The standard InChI is InChI=1S/C8H14N4O/c1-5(2)7(9)8(13)11-6-3-4-10-12-6/h3-5,7H,9H2,1-2H3,(H2,10,11,12,13). The van der Waals surface area contributed by atoms with Crippen molar-refractivity contribution < 1.29 is 4.79 Å². The van der Waals surface area contributed by atoms with E-state index in [4.69, 9.17) is 5.73 Å². The Kier molecular flexibility index (Phi) is 3.02. The van der Waals surface area contributed by atoms with E-state index in [1.54, 1.807) is 12.3 Å². The molecule has 1 atom stereocenters. The van der Waals surface area contributed by atoms with Gasteiger partial charge in [-0.05, 0) is 5.92 Å². The lowest BCUT2D eigenvalue weighted by Crippen LogP contribution is -2.39. The molecule has 5 heteroatoms. The molecule has 0 aliphatic rings. The second-order valence-electron chi connectivity index (χ2n) is 3.23. The van der Waals surface area contributed by atoms with E-state index in [2.05, 4.69) is 15.5 Å². The van der Waals surface area contributed by atoms with E-state index in [-0.39, 0.29) is 11.8 Å². The van der Waals surface area contributed by atoms with E-state index in [1.165, 1.54) is 0 Å². The highest BCUT2D eigenvalue weighted by Gasteiger charge is 2.17. The molecule has 5 nitrogen and oxygen atoms in total. The van der Waals surface area contributed by atoms with Crippen LogP contribution in [0.25, 0.3) is 0 Å². The Balaban J connectivity index is 2.51. The van der Waals surface area contributed by atoms with Crippen molar-refractivity contribution in [3.63, 3.8) is 0 Å². The normalized spacial score (nSPS) is 12.9. The largest absolute Gasteiger partial charge is 0.320 e. The zero-order valence-corrected chi connectivity index (χ0v) is 7.74. The number of aromatic amines is 1. The molecule has 72 valence electrons. The van der Waals surface area contributed by atoms with Gasteiger partial charge in [0, 0.05) is 6.07 Å². The molecule has 0 fully saturated rings. The summed E-state index contributed by atoms with van der Waals surface area (Å²) in [6.07, 6.45) is 1.57. The third kappa shape index (κ3) is 2.55. The number of nitrogens with two attached hydrogens (primary N) is 1. The van der Waals surface area contributed by atoms with Crippen LogP contribution in [0.1, 0.15) is 13.8 Å². The van der Waals surface area contributed by atoms with E-state index in [0.29, 0.717) is 5.82 Å². The van der Waals surface area contributed by atoms with E-state index in [0.717, 1.165) is 0 Å². The van der Waals surface area contributed by atoms with Crippen molar-refractivity contribution in [3.8, 4) is 0 Å². The predicted molar refractivity (Wildman–Crippen MR) is 50.0 cm³/mol. The lowest BCUT2D eigenvalue weighted by molar-refractivity contribution is -0.118. The molecule has 4 N–H and O–H groups in total. The monoisotopic (exact) mass is 182 g/mol. The number of nitrogens with one attached hydrogen (secondary N) is 2. The van der Waals surface area contributed by atoms with E-state index < -0.39 is 6.04 Å². The maximum absolute atomic E-state index is 11.4. The topological polar surface area (TPSA) is 83.8 Å². The lowest BCUT2D eigenvalue weighted by Gasteiger charge is -2.13. The summed E-state index contributed by atoms with van der Waals surface area (Å²) in [5.74, 6) is 0.503. The van der Waals surface area contributed by atoms with Gasteiger partial charge in [0.25, 0.3) is 0 Å². The molecule has 0 bridgehead atoms. The third-order valence-corrected chi connectivity index (χ3v) is 1.78. The van der Waals surface area contributed by atoms with Crippen LogP contribution in [0.3, 0.4) is 0 Å². The van der Waals surface area contributed by atoms with Crippen LogP contribution in [0.5, 0.6) is 0 Å². The zero-order chi connectivity index (χ0) is 9.84.